The number of pyridine rings is 1. The first-order valence-electron chi connectivity index (χ1n) is 11.1. The van der Waals surface area contributed by atoms with Gasteiger partial charge >= 0.3 is 6.09 Å². The second-order valence-electron chi connectivity index (χ2n) is 8.67. The Morgan fingerprint density at radius 3 is 2.82 bits per heavy atom. The number of hydrogen-bond acceptors (Lipinski definition) is 6. The quantitative estimate of drug-likeness (QED) is 0.584. The van der Waals surface area contributed by atoms with Gasteiger partial charge in [0, 0.05) is 47.8 Å². The molecule has 8 nitrogen and oxygen atoms in total. The molecule has 3 aromatic rings. The number of nitrogens with one attached hydrogen (secondary N) is 2. The van der Waals surface area contributed by atoms with Crippen molar-refractivity contribution in [2.75, 3.05) is 35.6 Å². The second kappa shape index (κ2) is 8.14. The molecule has 174 valence electrons. The number of carbonyl (C=O) groups is 2. The highest BCUT2D eigenvalue weighted by Gasteiger charge is 2.34. The minimum absolute atomic E-state index is 0.0656. The Hall–Kier alpha value is -3.37. The number of carbonyl (C=O) groups excluding carboxylic acids is 2. The lowest BCUT2D eigenvalue weighted by molar-refractivity contribution is -0.113. The van der Waals surface area contributed by atoms with Crippen molar-refractivity contribution in [3.8, 4) is 0 Å². The van der Waals surface area contributed by atoms with E-state index in [1.165, 1.54) is 23.9 Å². The third kappa shape index (κ3) is 3.54. The molecule has 4 heterocycles. The zero-order valence-corrected chi connectivity index (χ0v) is 18.9. The van der Waals surface area contributed by atoms with Crippen LogP contribution in [0.1, 0.15) is 11.5 Å². The molecule has 0 bridgehead atoms. The zero-order valence-electron chi connectivity index (χ0n) is 18.0. The first-order valence-corrected chi connectivity index (χ1v) is 12.0. The molecule has 6 rings (SSSR count). The van der Waals surface area contributed by atoms with Crippen LogP contribution in [-0.4, -0.2) is 48.1 Å². The highest BCUT2D eigenvalue weighted by Crippen LogP contribution is 2.36. The van der Waals surface area contributed by atoms with Crippen LogP contribution in [0.4, 0.5) is 20.6 Å². The predicted octanol–water partition coefficient (Wildman–Crippen LogP) is 2.90. The average Bonchev–Trinajstić information content (AvgIpc) is 3.39. The van der Waals surface area contributed by atoms with Crippen LogP contribution in [0.3, 0.4) is 0 Å². The minimum Gasteiger partial charge on any atom is -0.443 e. The number of nitrogens with zero attached hydrogens (tertiary/aromatic N) is 2. The topological polar surface area (TPSA) is 92.7 Å². The molecule has 10 heteroatoms. The van der Waals surface area contributed by atoms with E-state index < -0.39 is 6.09 Å². The summed E-state index contributed by atoms with van der Waals surface area (Å²) in [5.74, 6) is -0.185. The number of hydrogen-bond donors (Lipinski definition) is 2. The summed E-state index contributed by atoms with van der Waals surface area (Å²) in [6.07, 6.45) is -0.822. The summed E-state index contributed by atoms with van der Waals surface area (Å²) in [4.78, 5) is 39.0. The second-order valence-corrected chi connectivity index (χ2v) is 9.69. The van der Waals surface area contributed by atoms with E-state index in [1.807, 2.05) is 12.1 Å². The van der Waals surface area contributed by atoms with Gasteiger partial charge in [0.1, 0.15) is 11.9 Å². The van der Waals surface area contributed by atoms with Gasteiger partial charge in [-0.2, -0.15) is 0 Å². The number of fused-ring (bicyclic) bond motifs is 1. The van der Waals surface area contributed by atoms with Gasteiger partial charge in [0.15, 0.2) is 0 Å². The molecule has 1 aromatic heterocycles. The van der Waals surface area contributed by atoms with Crippen LogP contribution in [0.15, 0.2) is 52.2 Å². The molecule has 34 heavy (non-hydrogen) atoms. The Balaban J connectivity index is 1.12. The summed E-state index contributed by atoms with van der Waals surface area (Å²) in [5, 5.41) is 6.98. The summed E-state index contributed by atoms with van der Waals surface area (Å²) in [5.41, 5.74) is 2.44. The van der Waals surface area contributed by atoms with Gasteiger partial charge < -0.3 is 19.9 Å². The van der Waals surface area contributed by atoms with Crippen LogP contribution in [0, 0.1) is 5.82 Å². The number of thioether (sulfide) groups is 1. The Labute approximate surface area is 198 Å². The zero-order chi connectivity index (χ0) is 23.4. The Morgan fingerprint density at radius 2 is 1.94 bits per heavy atom. The smallest absolute Gasteiger partial charge is 0.414 e. The van der Waals surface area contributed by atoms with Crippen molar-refractivity contribution in [1.82, 2.24) is 9.88 Å². The Morgan fingerprint density at radius 1 is 1.09 bits per heavy atom. The van der Waals surface area contributed by atoms with Gasteiger partial charge in [-0.05, 0) is 41.8 Å². The van der Waals surface area contributed by atoms with E-state index in [0.29, 0.717) is 54.4 Å². The van der Waals surface area contributed by atoms with Crippen molar-refractivity contribution in [2.24, 2.45) is 0 Å². The highest BCUT2D eigenvalue weighted by atomic mass is 32.2. The fraction of sp³-hybridized carbons (Fsp3) is 0.292. The monoisotopic (exact) mass is 480 g/mol. The van der Waals surface area contributed by atoms with Gasteiger partial charge in [0.25, 0.3) is 5.56 Å². The highest BCUT2D eigenvalue weighted by molar-refractivity contribution is 8.00. The van der Waals surface area contributed by atoms with Crippen LogP contribution >= 0.6 is 11.8 Å². The molecule has 2 atom stereocenters. The summed E-state index contributed by atoms with van der Waals surface area (Å²) in [7, 11) is 0. The van der Waals surface area contributed by atoms with Crippen LogP contribution in [0.2, 0.25) is 0 Å². The third-order valence-corrected chi connectivity index (χ3v) is 7.57. The number of ether oxygens (including phenoxy) is 1. The molecular formula is C24H21FN4O4S. The first kappa shape index (κ1) is 21.2. The van der Waals surface area contributed by atoms with Gasteiger partial charge in [-0.3, -0.25) is 14.5 Å². The van der Waals surface area contributed by atoms with Crippen molar-refractivity contribution in [3.63, 3.8) is 0 Å². The average molecular weight is 481 g/mol. The Kier molecular flexibility index (Phi) is 5.07. The maximum absolute atomic E-state index is 14.7. The van der Waals surface area contributed by atoms with Crippen LogP contribution < -0.4 is 21.1 Å². The third-order valence-electron chi connectivity index (χ3n) is 6.49. The fourth-order valence-electron chi connectivity index (χ4n) is 4.94. The first-order chi connectivity index (χ1) is 16.5. The minimum atomic E-state index is -0.447. The van der Waals surface area contributed by atoms with E-state index in [2.05, 4.69) is 10.6 Å². The van der Waals surface area contributed by atoms with E-state index >= 15 is 0 Å². The maximum Gasteiger partial charge on any atom is 0.414 e. The lowest BCUT2D eigenvalue weighted by Gasteiger charge is -2.20. The normalized spacial score (nSPS) is 21.0. The lowest BCUT2D eigenvalue weighted by Crippen LogP contribution is -2.33. The van der Waals surface area contributed by atoms with Crippen molar-refractivity contribution < 1.29 is 18.7 Å². The van der Waals surface area contributed by atoms with Gasteiger partial charge in [-0.15, -0.1) is 11.8 Å². The molecule has 3 aliphatic rings. The molecule has 2 N–H and O–H groups in total. The lowest BCUT2D eigenvalue weighted by atomic mass is 9.99. The van der Waals surface area contributed by atoms with Crippen LogP contribution in [0.5, 0.6) is 0 Å². The van der Waals surface area contributed by atoms with Crippen molar-refractivity contribution in [1.29, 1.82) is 0 Å². The summed E-state index contributed by atoms with van der Waals surface area (Å²) in [6, 6.07) is 11.9. The number of amides is 2. The number of anilines is 2. The molecule has 2 aromatic carbocycles. The van der Waals surface area contributed by atoms with E-state index in [9.17, 15) is 18.8 Å². The van der Waals surface area contributed by atoms with Gasteiger partial charge in [0.2, 0.25) is 5.91 Å². The molecule has 2 amide bonds. The molecular weight excluding hydrogens is 459 g/mol. The molecule has 0 aliphatic carbocycles. The SMILES string of the molecule is O=C1CSc2ccc(N3C[C@H](CNCC4Cn5c(=O)ccc6ccc(F)c4c65)OC3=O)cc2N1. The number of benzene rings is 2. The molecule has 0 saturated carbocycles. The summed E-state index contributed by atoms with van der Waals surface area (Å²) >= 11 is 1.46. The summed E-state index contributed by atoms with van der Waals surface area (Å²) in [6.45, 7) is 1.63. The van der Waals surface area contributed by atoms with E-state index in [4.69, 9.17) is 4.74 Å². The number of cyclic esters (lactones) is 1. The molecule has 1 fully saturated rings. The van der Waals surface area contributed by atoms with Crippen molar-refractivity contribution >= 4 is 46.0 Å². The Bertz CT molecular complexity index is 1410. The van der Waals surface area contributed by atoms with Crippen molar-refractivity contribution in [2.45, 2.75) is 23.5 Å². The van der Waals surface area contributed by atoms with Gasteiger partial charge in [-0.25, -0.2) is 9.18 Å². The number of halogens is 1. The van der Waals surface area contributed by atoms with E-state index in [-0.39, 0.29) is 29.3 Å². The largest absolute Gasteiger partial charge is 0.443 e. The maximum atomic E-state index is 14.7. The van der Waals surface area contributed by atoms with Gasteiger partial charge in [0.05, 0.1) is 23.5 Å². The van der Waals surface area contributed by atoms with Crippen LogP contribution in [-0.2, 0) is 16.1 Å². The molecule has 0 spiro atoms. The van der Waals surface area contributed by atoms with E-state index in [1.54, 1.807) is 27.7 Å². The van der Waals surface area contributed by atoms with Crippen molar-refractivity contribution in [3.05, 3.63) is 64.2 Å². The van der Waals surface area contributed by atoms with Gasteiger partial charge in [-0.1, -0.05) is 0 Å². The fourth-order valence-corrected chi connectivity index (χ4v) is 5.73. The number of aromatic nitrogens is 1. The predicted molar refractivity (Wildman–Crippen MR) is 127 cm³/mol. The standard InChI is InChI=1S/C24H21FN4O4S/c25-17-4-1-13-2-6-21(31)29-10-14(22(17)23(13)29)8-26-9-16-11-28(24(32)33-16)15-3-5-19-18(7-15)27-20(30)12-34-19/h1-7,14,16,26H,8-12H2,(H,27,30)/t14?,16-/m0/s1. The number of rotatable bonds is 5. The molecule has 0 radical (unpaired) electrons. The van der Waals surface area contributed by atoms with E-state index in [0.717, 1.165) is 10.3 Å². The molecule has 1 unspecified atom stereocenters. The summed E-state index contributed by atoms with van der Waals surface area (Å²) < 4.78 is 21.8. The molecule has 3 aliphatic heterocycles. The van der Waals surface area contributed by atoms with Crippen LogP contribution in [0.25, 0.3) is 10.9 Å². The molecule has 1 saturated heterocycles.